The van der Waals surface area contributed by atoms with Crippen LogP contribution in [0.5, 0.6) is 0 Å². The molecule has 1 N–H and O–H groups in total. The third kappa shape index (κ3) is 5.48. The zero-order valence-corrected chi connectivity index (χ0v) is 14.5. The summed E-state index contributed by atoms with van der Waals surface area (Å²) in [5, 5.41) is 2.19. The van der Waals surface area contributed by atoms with E-state index in [0.29, 0.717) is 12.1 Å². The summed E-state index contributed by atoms with van der Waals surface area (Å²) in [4.78, 5) is 12.5. The number of amides is 1. The number of hydrogen-bond acceptors (Lipinski definition) is 1. The van der Waals surface area contributed by atoms with Crippen molar-refractivity contribution in [3.63, 3.8) is 0 Å². The first-order valence-corrected chi connectivity index (χ1v) is 7.94. The van der Waals surface area contributed by atoms with Crippen LogP contribution < -0.4 is 5.32 Å². The van der Waals surface area contributed by atoms with Crippen LogP contribution in [0.25, 0.3) is 0 Å². The molecule has 8 heteroatoms. The Balaban J connectivity index is 2.31. The zero-order chi connectivity index (χ0) is 20.5. The highest BCUT2D eigenvalue weighted by atomic mass is 19.4. The van der Waals surface area contributed by atoms with Crippen molar-refractivity contribution in [2.24, 2.45) is 5.41 Å². The van der Waals surface area contributed by atoms with Crippen molar-refractivity contribution in [1.82, 2.24) is 0 Å². The summed E-state index contributed by atoms with van der Waals surface area (Å²) >= 11 is 0. The van der Waals surface area contributed by atoms with Crippen LogP contribution in [0.4, 0.5) is 32.0 Å². The second-order valence-electron chi connectivity index (χ2n) is 6.79. The van der Waals surface area contributed by atoms with Gasteiger partial charge in [0.25, 0.3) is 0 Å². The highest BCUT2D eigenvalue weighted by molar-refractivity contribution is 5.95. The fourth-order valence-corrected chi connectivity index (χ4v) is 2.51. The Morgan fingerprint density at radius 2 is 1.33 bits per heavy atom. The summed E-state index contributed by atoms with van der Waals surface area (Å²) in [6.45, 7) is 3.13. The molecule has 146 valence electrons. The van der Waals surface area contributed by atoms with Gasteiger partial charge in [-0.2, -0.15) is 26.3 Å². The topological polar surface area (TPSA) is 29.1 Å². The minimum Gasteiger partial charge on any atom is -0.326 e. The Bertz CT molecular complexity index is 777. The number of nitrogens with one attached hydrogen (secondary N) is 1. The maximum atomic E-state index is 12.9. The number of benzene rings is 2. The second-order valence-corrected chi connectivity index (χ2v) is 6.79. The number of rotatable bonds is 4. The van der Waals surface area contributed by atoms with Crippen molar-refractivity contribution >= 4 is 11.6 Å². The van der Waals surface area contributed by atoms with E-state index in [2.05, 4.69) is 5.32 Å². The van der Waals surface area contributed by atoms with Gasteiger partial charge in [-0.3, -0.25) is 4.79 Å². The normalized spacial score (nSPS) is 12.7. The molecule has 2 rings (SSSR count). The van der Waals surface area contributed by atoms with Gasteiger partial charge in [0, 0.05) is 11.1 Å². The molecule has 2 nitrogen and oxygen atoms in total. The lowest BCUT2D eigenvalue weighted by molar-refractivity contribution is -0.143. The number of alkyl halides is 6. The number of carbonyl (C=O) groups excluding carboxylic acids is 1. The predicted molar refractivity (Wildman–Crippen MR) is 89.0 cm³/mol. The van der Waals surface area contributed by atoms with Crippen molar-refractivity contribution < 1.29 is 31.1 Å². The molecule has 0 saturated carbocycles. The van der Waals surface area contributed by atoms with Gasteiger partial charge < -0.3 is 5.32 Å². The van der Waals surface area contributed by atoms with E-state index in [9.17, 15) is 31.1 Å². The van der Waals surface area contributed by atoms with E-state index in [0.717, 1.165) is 5.56 Å². The van der Waals surface area contributed by atoms with Crippen LogP contribution >= 0.6 is 0 Å². The molecule has 27 heavy (non-hydrogen) atoms. The third-order valence-electron chi connectivity index (χ3n) is 3.95. The lowest BCUT2D eigenvalue weighted by Crippen LogP contribution is -2.33. The van der Waals surface area contributed by atoms with Gasteiger partial charge in [0.2, 0.25) is 5.91 Å². The molecule has 0 aliphatic carbocycles. The molecule has 0 unspecified atom stereocenters. The van der Waals surface area contributed by atoms with Crippen LogP contribution in [0.1, 0.15) is 30.5 Å². The Hall–Kier alpha value is -2.51. The molecule has 0 radical (unpaired) electrons. The molecule has 2 aromatic rings. The van der Waals surface area contributed by atoms with Gasteiger partial charge in [-0.25, -0.2) is 0 Å². The van der Waals surface area contributed by atoms with E-state index in [1.165, 1.54) is 0 Å². The molecular weight excluding hydrogens is 372 g/mol. The number of carbonyl (C=O) groups is 1. The molecule has 0 aromatic heterocycles. The maximum Gasteiger partial charge on any atom is 0.416 e. The summed E-state index contributed by atoms with van der Waals surface area (Å²) < 4.78 is 77.5. The minimum atomic E-state index is -4.97. The second kappa shape index (κ2) is 7.25. The van der Waals surface area contributed by atoms with Crippen molar-refractivity contribution in [2.75, 3.05) is 5.32 Å². The van der Waals surface area contributed by atoms with Crippen molar-refractivity contribution in [2.45, 2.75) is 32.6 Å². The predicted octanol–water partition coefficient (Wildman–Crippen LogP) is 5.93. The van der Waals surface area contributed by atoms with Crippen LogP contribution in [0.15, 0.2) is 48.5 Å². The average Bonchev–Trinajstić information content (AvgIpc) is 2.53. The zero-order valence-electron chi connectivity index (χ0n) is 14.5. The Kier molecular flexibility index (Phi) is 5.58. The van der Waals surface area contributed by atoms with Crippen LogP contribution in [0.3, 0.4) is 0 Å². The summed E-state index contributed by atoms with van der Waals surface area (Å²) in [5.41, 5.74) is -3.74. The van der Waals surface area contributed by atoms with E-state index >= 15 is 0 Å². The first-order valence-electron chi connectivity index (χ1n) is 7.94. The summed E-state index contributed by atoms with van der Waals surface area (Å²) in [6, 6.07) is 9.89. The van der Waals surface area contributed by atoms with E-state index in [1.807, 2.05) is 0 Å². The molecule has 0 saturated heterocycles. The Labute approximate surface area is 152 Å². The third-order valence-corrected chi connectivity index (χ3v) is 3.95. The lowest BCUT2D eigenvalue weighted by atomic mass is 9.84. The molecule has 1 amide bonds. The van der Waals surface area contributed by atoms with Crippen molar-refractivity contribution in [3.05, 3.63) is 65.2 Å². The molecule has 0 bridgehead atoms. The van der Waals surface area contributed by atoms with Crippen LogP contribution in [-0.2, 0) is 23.6 Å². The van der Waals surface area contributed by atoms with Gasteiger partial charge in [0.1, 0.15) is 0 Å². The number of anilines is 1. The van der Waals surface area contributed by atoms with Gasteiger partial charge in [0.15, 0.2) is 0 Å². The molecule has 0 aliphatic rings. The quantitative estimate of drug-likeness (QED) is 0.645. The van der Waals surface area contributed by atoms with Crippen LogP contribution in [0.2, 0.25) is 0 Å². The first-order chi connectivity index (χ1) is 12.3. The standard InChI is InChI=1S/C19H17F6NO/c1-17(2,11-12-6-4-3-5-7-12)16(27)26-15-9-13(18(20,21)22)8-14(10-15)19(23,24)25/h3-10H,11H2,1-2H3,(H,26,27). The Morgan fingerprint density at radius 3 is 1.78 bits per heavy atom. The Morgan fingerprint density at radius 1 is 0.852 bits per heavy atom. The molecular formula is C19H17F6NO. The molecule has 0 atom stereocenters. The van der Waals surface area contributed by atoms with Gasteiger partial charge >= 0.3 is 12.4 Å². The largest absolute Gasteiger partial charge is 0.416 e. The number of halogens is 6. The van der Waals surface area contributed by atoms with Gasteiger partial charge in [-0.05, 0) is 30.2 Å². The van der Waals surface area contributed by atoms with Crippen LogP contribution in [-0.4, -0.2) is 5.91 Å². The SMILES string of the molecule is CC(C)(Cc1ccccc1)C(=O)Nc1cc(C(F)(F)F)cc(C(F)(F)F)c1. The summed E-state index contributed by atoms with van der Waals surface area (Å²) in [5.74, 6) is -0.682. The van der Waals surface area contributed by atoms with E-state index in [4.69, 9.17) is 0 Å². The van der Waals surface area contributed by atoms with E-state index in [1.54, 1.807) is 44.2 Å². The average molecular weight is 389 g/mol. The minimum absolute atomic E-state index is 0.0186. The van der Waals surface area contributed by atoms with E-state index in [-0.39, 0.29) is 12.5 Å². The molecule has 0 spiro atoms. The molecule has 0 heterocycles. The highest BCUT2D eigenvalue weighted by Gasteiger charge is 2.37. The fourth-order valence-electron chi connectivity index (χ4n) is 2.51. The maximum absolute atomic E-state index is 12.9. The van der Waals surface area contributed by atoms with Crippen molar-refractivity contribution in [1.29, 1.82) is 0 Å². The van der Waals surface area contributed by atoms with Crippen molar-refractivity contribution in [3.8, 4) is 0 Å². The van der Waals surface area contributed by atoms with Gasteiger partial charge in [-0.15, -0.1) is 0 Å². The van der Waals surface area contributed by atoms with Gasteiger partial charge in [-0.1, -0.05) is 44.2 Å². The van der Waals surface area contributed by atoms with Crippen LogP contribution in [0, 0.1) is 5.41 Å². The number of hydrogen-bond donors (Lipinski definition) is 1. The lowest BCUT2D eigenvalue weighted by Gasteiger charge is -2.24. The smallest absolute Gasteiger partial charge is 0.326 e. The first kappa shape index (κ1) is 20.8. The molecule has 0 aliphatic heterocycles. The molecule has 2 aromatic carbocycles. The summed E-state index contributed by atoms with van der Waals surface area (Å²) in [6.07, 6.45) is -9.68. The fraction of sp³-hybridized carbons (Fsp3) is 0.316. The molecule has 0 fully saturated rings. The van der Waals surface area contributed by atoms with Gasteiger partial charge in [0.05, 0.1) is 11.1 Å². The van der Waals surface area contributed by atoms with E-state index < -0.39 is 40.5 Å². The summed E-state index contributed by atoms with van der Waals surface area (Å²) in [7, 11) is 0. The monoisotopic (exact) mass is 389 g/mol. The highest BCUT2D eigenvalue weighted by Crippen LogP contribution is 2.38.